The highest BCUT2D eigenvalue weighted by Gasteiger charge is 2.31. The lowest BCUT2D eigenvalue weighted by molar-refractivity contribution is -0.384. The molecule has 1 saturated heterocycles. The molecule has 2 rings (SSSR count). The van der Waals surface area contributed by atoms with Crippen molar-refractivity contribution in [3.63, 3.8) is 0 Å². The van der Waals surface area contributed by atoms with Crippen LogP contribution in [0.3, 0.4) is 0 Å². The van der Waals surface area contributed by atoms with E-state index in [-0.39, 0.29) is 17.8 Å². The van der Waals surface area contributed by atoms with Crippen molar-refractivity contribution in [2.24, 2.45) is 0 Å². The van der Waals surface area contributed by atoms with E-state index in [9.17, 15) is 19.3 Å². The van der Waals surface area contributed by atoms with Gasteiger partial charge >= 0.3 is 5.97 Å². The van der Waals surface area contributed by atoms with Crippen molar-refractivity contribution < 1.29 is 24.0 Å². The minimum atomic E-state index is -1.54. The zero-order valence-corrected chi connectivity index (χ0v) is 11.6. The van der Waals surface area contributed by atoms with Gasteiger partial charge in [-0.1, -0.05) is 0 Å². The fourth-order valence-corrected chi connectivity index (χ4v) is 2.33. The normalized spacial score (nSPS) is 22.1. The highest BCUT2D eigenvalue weighted by molar-refractivity contribution is 5.90. The van der Waals surface area contributed by atoms with Gasteiger partial charge in [-0.2, -0.15) is 0 Å². The molecule has 1 heterocycles. The highest BCUT2D eigenvalue weighted by atomic mass is 19.1. The molecule has 2 unspecified atom stereocenters. The molecule has 114 valence electrons. The van der Waals surface area contributed by atoms with Crippen molar-refractivity contribution in [2.75, 3.05) is 18.1 Å². The summed E-state index contributed by atoms with van der Waals surface area (Å²) in [5, 5.41) is 20.0. The van der Waals surface area contributed by atoms with Gasteiger partial charge in [0.25, 0.3) is 5.69 Å². The van der Waals surface area contributed by atoms with E-state index in [4.69, 9.17) is 9.84 Å². The summed E-state index contributed by atoms with van der Waals surface area (Å²) < 4.78 is 19.3. The first-order valence-electron chi connectivity index (χ1n) is 6.40. The number of nitro groups is 1. The van der Waals surface area contributed by atoms with E-state index >= 15 is 0 Å². The molecule has 0 saturated carbocycles. The van der Waals surface area contributed by atoms with E-state index < -0.39 is 28.0 Å². The maximum atomic E-state index is 13.9. The third-order valence-electron chi connectivity index (χ3n) is 3.41. The van der Waals surface area contributed by atoms with E-state index in [1.54, 1.807) is 11.8 Å². The van der Waals surface area contributed by atoms with E-state index in [0.717, 1.165) is 12.1 Å². The zero-order chi connectivity index (χ0) is 15.7. The van der Waals surface area contributed by atoms with Gasteiger partial charge in [0.15, 0.2) is 0 Å². The summed E-state index contributed by atoms with van der Waals surface area (Å²) in [6.07, 6.45) is -0.150. The number of carbonyl (C=O) groups is 1. The van der Waals surface area contributed by atoms with Crippen LogP contribution in [-0.4, -0.2) is 41.3 Å². The number of benzene rings is 1. The van der Waals surface area contributed by atoms with E-state index in [1.807, 2.05) is 6.92 Å². The molecule has 0 spiro atoms. The van der Waals surface area contributed by atoms with Gasteiger partial charge in [0.2, 0.25) is 0 Å². The van der Waals surface area contributed by atoms with Crippen LogP contribution in [0.1, 0.15) is 24.2 Å². The molecule has 0 aliphatic carbocycles. The molecule has 8 heteroatoms. The van der Waals surface area contributed by atoms with Crippen LogP contribution < -0.4 is 4.90 Å². The Kier molecular flexibility index (Phi) is 4.08. The number of rotatable bonds is 3. The first-order chi connectivity index (χ1) is 9.81. The molecule has 0 amide bonds. The van der Waals surface area contributed by atoms with Gasteiger partial charge in [-0.05, 0) is 13.8 Å². The molecule has 2 atom stereocenters. The molecule has 1 aromatic rings. The predicted molar refractivity (Wildman–Crippen MR) is 72.2 cm³/mol. The summed E-state index contributed by atoms with van der Waals surface area (Å²) in [6, 6.07) is 1.51. The monoisotopic (exact) mass is 298 g/mol. The molecule has 21 heavy (non-hydrogen) atoms. The van der Waals surface area contributed by atoms with Crippen LogP contribution in [0.2, 0.25) is 0 Å². The Labute approximate surface area is 120 Å². The van der Waals surface area contributed by atoms with E-state index in [1.165, 1.54) is 0 Å². The van der Waals surface area contributed by atoms with Gasteiger partial charge in [0, 0.05) is 24.7 Å². The molecular weight excluding hydrogens is 283 g/mol. The molecule has 1 aliphatic rings. The Bertz CT molecular complexity index is 592. The van der Waals surface area contributed by atoms with Gasteiger partial charge < -0.3 is 14.7 Å². The SMILES string of the molecule is CC1CN(c2cc(F)c(C(=O)O)cc2[N+](=O)[O-])C(C)CO1. The Morgan fingerprint density at radius 1 is 1.52 bits per heavy atom. The van der Waals surface area contributed by atoms with Crippen LogP contribution >= 0.6 is 0 Å². The maximum absolute atomic E-state index is 13.9. The molecule has 7 nitrogen and oxygen atoms in total. The van der Waals surface area contributed by atoms with Crippen LogP contribution in [0.25, 0.3) is 0 Å². The summed E-state index contributed by atoms with van der Waals surface area (Å²) in [4.78, 5) is 23.0. The third kappa shape index (κ3) is 2.94. The van der Waals surface area contributed by atoms with E-state index in [0.29, 0.717) is 13.2 Å². The average molecular weight is 298 g/mol. The highest BCUT2D eigenvalue weighted by Crippen LogP contribution is 2.34. The fraction of sp³-hybridized carbons (Fsp3) is 0.462. The van der Waals surface area contributed by atoms with Gasteiger partial charge in [0.05, 0.1) is 17.6 Å². The average Bonchev–Trinajstić information content (AvgIpc) is 2.40. The Hall–Kier alpha value is -2.22. The number of halogens is 1. The largest absolute Gasteiger partial charge is 0.478 e. The van der Waals surface area contributed by atoms with Crippen LogP contribution in [-0.2, 0) is 4.74 Å². The van der Waals surface area contributed by atoms with Gasteiger partial charge in [0.1, 0.15) is 17.1 Å². The first kappa shape index (κ1) is 15.2. The van der Waals surface area contributed by atoms with Gasteiger partial charge in [-0.3, -0.25) is 10.1 Å². The van der Waals surface area contributed by atoms with Gasteiger partial charge in [-0.25, -0.2) is 9.18 Å². The zero-order valence-electron chi connectivity index (χ0n) is 11.6. The quantitative estimate of drug-likeness (QED) is 0.678. The van der Waals surface area contributed by atoms with Crippen LogP contribution in [0, 0.1) is 15.9 Å². The maximum Gasteiger partial charge on any atom is 0.338 e. The fourth-order valence-electron chi connectivity index (χ4n) is 2.33. The van der Waals surface area contributed by atoms with E-state index in [2.05, 4.69) is 0 Å². The van der Waals surface area contributed by atoms with Crippen molar-refractivity contribution in [1.29, 1.82) is 0 Å². The summed E-state index contributed by atoms with van der Waals surface area (Å²) in [5.41, 5.74) is -1.06. The predicted octanol–water partition coefficient (Wildman–Crippen LogP) is 2.05. The Balaban J connectivity index is 2.54. The Morgan fingerprint density at radius 3 is 2.76 bits per heavy atom. The topological polar surface area (TPSA) is 92.9 Å². The number of anilines is 1. The van der Waals surface area contributed by atoms with Crippen molar-refractivity contribution in [2.45, 2.75) is 26.0 Å². The molecule has 1 aromatic carbocycles. The second-order valence-electron chi connectivity index (χ2n) is 5.03. The second kappa shape index (κ2) is 5.65. The number of nitrogens with zero attached hydrogens (tertiary/aromatic N) is 2. The van der Waals surface area contributed by atoms with Crippen molar-refractivity contribution in [1.82, 2.24) is 0 Å². The number of aromatic carboxylic acids is 1. The summed E-state index contributed by atoms with van der Waals surface area (Å²) in [5.74, 6) is -2.53. The Morgan fingerprint density at radius 2 is 2.19 bits per heavy atom. The summed E-state index contributed by atoms with van der Waals surface area (Å²) in [6.45, 7) is 4.35. The number of morpholine rings is 1. The molecule has 1 aliphatic heterocycles. The number of carboxylic acids is 1. The van der Waals surface area contributed by atoms with Gasteiger partial charge in [-0.15, -0.1) is 0 Å². The second-order valence-corrected chi connectivity index (χ2v) is 5.03. The number of ether oxygens (including phenoxy) is 1. The summed E-state index contributed by atoms with van der Waals surface area (Å²) in [7, 11) is 0. The molecule has 0 bridgehead atoms. The van der Waals surface area contributed by atoms with Crippen molar-refractivity contribution >= 4 is 17.3 Å². The van der Waals surface area contributed by atoms with Crippen molar-refractivity contribution in [3.05, 3.63) is 33.6 Å². The smallest absolute Gasteiger partial charge is 0.338 e. The molecule has 1 N–H and O–H groups in total. The lowest BCUT2D eigenvalue weighted by Crippen LogP contribution is -2.47. The number of hydrogen-bond acceptors (Lipinski definition) is 5. The minimum Gasteiger partial charge on any atom is -0.478 e. The lowest BCUT2D eigenvalue weighted by Gasteiger charge is -2.38. The standard InChI is InChI=1S/C13H15FN2O5/c1-7-6-21-8(2)5-15(7)11-4-10(14)9(13(17)18)3-12(11)16(19)20/h3-4,7-8H,5-6H2,1-2H3,(H,17,18). The summed E-state index contributed by atoms with van der Waals surface area (Å²) >= 11 is 0. The molecule has 1 fully saturated rings. The number of nitro benzene ring substituents is 1. The number of hydrogen-bond donors (Lipinski definition) is 1. The number of carboxylic acid groups (broad SMARTS) is 1. The molecule has 0 radical (unpaired) electrons. The van der Waals surface area contributed by atoms with Crippen LogP contribution in [0.5, 0.6) is 0 Å². The molecule has 0 aromatic heterocycles. The molecular formula is C13H15FN2O5. The minimum absolute atomic E-state index is 0.0742. The third-order valence-corrected chi connectivity index (χ3v) is 3.41. The first-order valence-corrected chi connectivity index (χ1v) is 6.40. The van der Waals surface area contributed by atoms with Crippen LogP contribution in [0.4, 0.5) is 15.8 Å². The van der Waals surface area contributed by atoms with Crippen LogP contribution in [0.15, 0.2) is 12.1 Å². The van der Waals surface area contributed by atoms with Crippen molar-refractivity contribution in [3.8, 4) is 0 Å². The lowest BCUT2D eigenvalue weighted by atomic mass is 10.1.